The SMILES string of the molecule is O=C(C=Cc1ccc(O)c(O)c1)OCC1OC(OC2C(OC(=O)C=Cc3ccc(O)c(O)c3)C(COC3OCC(O)C(O)C3O)OC(OCCc3ccc(O)c(O)c3)C2OC2OCC(O)C(O)C2O)C(O)C(O)C1O. The smallest absolute Gasteiger partial charge is 0.331 e. The van der Waals surface area contributed by atoms with Crippen LogP contribution in [0.1, 0.15) is 16.7 Å². The summed E-state index contributed by atoms with van der Waals surface area (Å²) in [4.78, 5) is 26.7. The van der Waals surface area contributed by atoms with Crippen LogP contribution >= 0.6 is 0 Å². The molecule has 75 heavy (non-hydrogen) atoms. The molecular weight excluding hydrogens is 1010 g/mol. The van der Waals surface area contributed by atoms with Crippen LogP contribution in [0, 0.1) is 0 Å². The van der Waals surface area contributed by atoms with Gasteiger partial charge in [0.25, 0.3) is 0 Å². The number of ether oxygens (including phenoxy) is 10. The number of aliphatic hydroxyl groups is 9. The molecule has 15 N–H and O–H groups in total. The van der Waals surface area contributed by atoms with Crippen LogP contribution in [0.5, 0.6) is 34.5 Å². The highest BCUT2D eigenvalue weighted by Crippen LogP contribution is 2.36. The monoisotopic (exact) mass is 1070 g/mol. The second kappa shape index (κ2) is 25.4. The van der Waals surface area contributed by atoms with Gasteiger partial charge in [-0.15, -0.1) is 0 Å². The van der Waals surface area contributed by atoms with Gasteiger partial charge in [-0.3, -0.25) is 0 Å². The minimum absolute atomic E-state index is 0.0273. The van der Waals surface area contributed by atoms with Crippen molar-refractivity contribution in [2.75, 3.05) is 33.0 Å². The Morgan fingerprint density at radius 3 is 1.61 bits per heavy atom. The van der Waals surface area contributed by atoms with E-state index >= 15 is 0 Å². The summed E-state index contributed by atoms with van der Waals surface area (Å²) in [6.45, 7) is -3.07. The van der Waals surface area contributed by atoms with E-state index < -0.39 is 183 Å². The summed E-state index contributed by atoms with van der Waals surface area (Å²) in [5, 5.41) is 156. The van der Waals surface area contributed by atoms with Crippen molar-refractivity contribution in [1.82, 2.24) is 0 Å². The van der Waals surface area contributed by atoms with Crippen LogP contribution in [0.4, 0.5) is 0 Å². The third kappa shape index (κ3) is 14.2. The standard InChI is InChI=1S/C48H58O27/c49-23-6-1-20(13-26(23)52)4-9-33(57)67-18-31-37(61)38(62)41(65)47(71-31)74-43-42(73-34(58)10-5-21-2-7-24(50)27(53)14-21)32(19-70-45-39(63)35(59)29(55)16-68-45)72-48(66-12-11-22-3-8-25(51)28(54)15-22)44(43)75-46-40(64)36(60)30(56)17-69-46/h1-10,13-15,29-32,35-56,59-65H,11-12,16-19H2. The Bertz CT molecular complexity index is 2450. The molecule has 3 aromatic carbocycles. The Labute approximate surface area is 424 Å². The lowest BCUT2D eigenvalue weighted by atomic mass is 9.96. The fourth-order valence-corrected chi connectivity index (χ4v) is 8.10. The summed E-state index contributed by atoms with van der Waals surface area (Å²) >= 11 is 0. The summed E-state index contributed by atoms with van der Waals surface area (Å²) < 4.78 is 59.0. The van der Waals surface area contributed by atoms with Gasteiger partial charge >= 0.3 is 11.9 Å². The van der Waals surface area contributed by atoms with Crippen molar-refractivity contribution in [3.8, 4) is 34.5 Å². The second-order valence-electron chi connectivity index (χ2n) is 17.7. The lowest BCUT2D eigenvalue weighted by Crippen LogP contribution is -2.67. The quantitative estimate of drug-likeness (QED) is 0.0335. The number of rotatable bonds is 18. The zero-order valence-electron chi connectivity index (χ0n) is 39.2. The van der Waals surface area contributed by atoms with Gasteiger partial charge in [-0.05, 0) is 71.7 Å². The maximum atomic E-state index is 13.9. The third-order valence-corrected chi connectivity index (χ3v) is 12.4. The van der Waals surface area contributed by atoms with Gasteiger partial charge in [-0.2, -0.15) is 0 Å². The van der Waals surface area contributed by atoms with Crippen LogP contribution in [0.25, 0.3) is 12.2 Å². The zero-order valence-corrected chi connectivity index (χ0v) is 39.2. The lowest BCUT2D eigenvalue weighted by molar-refractivity contribution is -0.389. The summed E-state index contributed by atoms with van der Waals surface area (Å²) in [7, 11) is 0. The molecule has 3 aromatic rings. The summed E-state index contributed by atoms with van der Waals surface area (Å²) in [5.74, 6) is -5.05. The number of carbonyl (C=O) groups is 2. The first-order chi connectivity index (χ1) is 35.7. The number of aromatic hydroxyl groups is 6. The van der Waals surface area contributed by atoms with E-state index in [1.807, 2.05) is 0 Å². The number of carbonyl (C=O) groups excluding carboxylic acids is 2. The first-order valence-corrected chi connectivity index (χ1v) is 23.2. The molecule has 0 spiro atoms. The average Bonchev–Trinajstić information content (AvgIpc) is 3.38. The van der Waals surface area contributed by atoms with Crippen LogP contribution in [0.3, 0.4) is 0 Å². The Hall–Kier alpha value is -5.80. The molecule has 27 nitrogen and oxygen atoms in total. The van der Waals surface area contributed by atoms with Gasteiger partial charge in [0.15, 0.2) is 65.8 Å². The third-order valence-electron chi connectivity index (χ3n) is 12.4. The fourth-order valence-electron chi connectivity index (χ4n) is 8.10. The Morgan fingerprint density at radius 2 is 1.01 bits per heavy atom. The first-order valence-electron chi connectivity index (χ1n) is 23.2. The summed E-state index contributed by atoms with van der Waals surface area (Å²) in [5.41, 5.74) is 0.850. The van der Waals surface area contributed by atoms with Gasteiger partial charge in [0.1, 0.15) is 86.0 Å². The molecule has 0 amide bonds. The minimum Gasteiger partial charge on any atom is -0.504 e. The number of esters is 2. The van der Waals surface area contributed by atoms with Crippen LogP contribution in [0.2, 0.25) is 0 Å². The van der Waals surface area contributed by atoms with E-state index in [0.29, 0.717) is 5.56 Å². The van der Waals surface area contributed by atoms with Crippen molar-refractivity contribution < 1.29 is 134 Å². The molecular formula is C48H58O27. The highest BCUT2D eigenvalue weighted by molar-refractivity contribution is 5.88. The van der Waals surface area contributed by atoms with Gasteiger partial charge in [0.05, 0.1) is 26.4 Å². The second-order valence-corrected chi connectivity index (χ2v) is 17.7. The number of hydrogen-bond acceptors (Lipinski definition) is 27. The van der Waals surface area contributed by atoms with Gasteiger partial charge in [-0.1, -0.05) is 18.2 Å². The molecule has 412 valence electrons. The van der Waals surface area contributed by atoms with E-state index in [4.69, 9.17) is 47.4 Å². The van der Waals surface area contributed by atoms with E-state index in [1.165, 1.54) is 42.5 Å². The van der Waals surface area contributed by atoms with Crippen molar-refractivity contribution in [2.24, 2.45) is 0 Å². The number of aliphatic hydroxyl groups excluding tert-OH is 9. The Kier molecular flexibility index (Phi) is 19.2. The normalized spacial score (nSPS) is 34.4. The Balaban J connectivity index is 1.24. The van der Waals surface area contributed by atoms with Gasteiger partial charge in [0, 0.05) is 12.2 Å². The van der Waals surface area contributed by atoms with Gasteiger partial charge < -0.3 is 124 Å². The largest absolute Gasteiger partial charge is 0.504 e. The van der Waals surface area contributed by atoms with Crippen molar-refractivity contribution >= 4 is 24.1 Å². The average molecular weight is 1070 g/mol. The van der Waals surface area contributed by atoms with E-state index in [-0.39, 0.29) is 24.2 Å². The van der Waals surface area contributed by atoms with Crippen molar-refractivity contribution in [3.05, 3.63) is 83.4 Å². The predicted octanol–water partition coefficient (Wildman–Crippen LogP) is -3.44. The molecule has 0 saturated carbocycles. The number of hydrogen-bond donors (Lipinski definition) is 15. The molecule has 0 aromatic heterocycles. The molecule has 0 bridgehead atoms. The molecule has 4 aliphatic rings. The predicted molar refractivity (Wildman–Crippen MR) is 244 cm³/mol. The van der Waals surface area contributed by atoms with Crippen molar-refractivity contribution in [1.29, 1.82) is 0 Å². The fraction of sp³-hybridized carbons (Fsp3) is 0.500. The molecule has 0 radical (unpaired) electrons. The summed E-state index contributed by atoms with van der Waals surface area (Å²) in [6.07, 6.45) is -29.5. The topological polar surface area (TPSA) is 430 Å². The van der Waals surface area contributed by atoms with Crippen LogP contribution in [0.15, 0.2) is 66.7 Å². The Morgan fingerprint density at radius 1 is 0.493 bits per heavy atom. The van der Waals surface area contributed by atoms with Crippen LogP contribution in [-0.2, 0) is 63.4 Å². The van der Waals surface area contributed by atoms with Crippen LogP contribution < -0.4 is 0 Å². The molecule has 18 atom stereocenters. The molecule has 27 heteroatoms. The maximum absolute atomic E-state index is 13.9. The zero-order chi connectivity index (χ0) is 54.2. The highest BCUT2D eigenvalue weighted by Gasteiger charge is 2.56. The molecule has 4 fully saturated rings. The molecule has 0 aliphatic carbocycles. The minimum atomic E-state index is -2.20. The molecule has 4 saturated heterocycles. The van der Waals surface area contributed by atoms with Crippen LogP contribution in [-0.4, -0.2) is 232 Å². The lowest BCUT2D eigenvalue weighted by Gasteiger charge is -2.49. The van der Waals surface area contributed by atoms with E-state index in [1.54, 1.807) is 0 Å². The van der Waals surface area contributed by atoms with Crippen molar-refractivity contribution in [3.63, 3.8) is 0 Å². The molecule has 7 rings (SSSR count). The van der Waals surface area contributed by atoms with Gasteiger partial charge in [0.2, 0.25) is 0 Å². The van der Waals surface area contributed by atoms with E-state index in [9.17, 15) is 86.2 Å². The van der Waals surface area contributed by atoms with Gasteiger partial charge in [-0.25, -0.2) is 9.59 Å². The summed E-state index contributed by atoms with van der Waals surface area (Å²) in [6, 6.07) is 11.1. The molecule has 4 heterocycles. The van der Waals surface area contributed by atoms with E-state index in [2.05, 4.69) is 0 Å². The number of phenolic OH excluding ortho intramolecular Hbond substituents is 6. The number of phenols is 6. The first kappa shape index (κ1) is 56.9. The van der Waals surface area contributed by atoms with Crippen molar-refractivity contribution in [2.45, 2.75) is 117 Å². The highest BCUT2D eigenvalue weighted by atomic mass is 16.8. The maximum Gasteiger partial charge on any atom is 0.331 e. The molecule has 18 unspecified atom stereocenters. The number of benzene rings is 3. The van der Waals surface area contributed by atoms with E-state index in [0.717, 1.165) is 36.4 Å². The molecule has 4 aliphatic heterocycles.